The lowest BCUT2D eigenvalue weighted by Crippen LogP contribution is -1.89. The average Bonchev–Trinajstić information content (AvgIpc) is 2.77. The predicted molar refractivity (Wildman–Crippen MR) is 158 cm³/mol. The van der Waals surface area contributed by atoms with E-state index >= 15 is 0 Å². The molecule has 0 amide bonds. The Kier molecular flexibility index (Phi) is 50.5. The highest BCUT2D eigenvalue weighted by atomic mass is 14.0. The molecule has 1 unspecified atom stereocenters. The molecule has 0 saturated carbocycles. The summed E-state index contributed by atoms with van der Waals surface area (Å²) in [7, 11) is 0. The minimum atomic E-state index is 0.898. The van der Waals surface area contributed by atoms with Crippen molar-refractivity contribution in [1.82, 2.24) is 0 Å². The molecule has 0 spiro atoms. The van der Waals surface area contributed by atoms with Gasteiger partial charge < -0.3 is 0 Å². The van der Waals surface area contributed by atoms with E-state index in [1.165, 1.54) is 77.0 Å². The van der Waals surface area contributed by atoms with E-state index in [1.807, 2.05) is 0 Å². The zero-order chi connectivity index (χ0) is 26.4. The highest BCUT2D eigenvalue weighted by Gasteiger charge is 1.94. The van der Waals surface area contributed by atoms with E-state index in [1.54, 1.807) is 0 Å². The van der Waals surface area contributed by atoms with Gasteiger partial charge in [0.15, 0.2) is 0 Å². The van der Waals surface area contributed by atoms with Gasteiger partial charge in [-0.15, -0.1) is 0 Å². The fourth-order valence-electron chi connectivity index (χ4n) is 2.49. The van der Waals surface area contributed by atoms with Crippen LogP contribution in [-0.2, 0) is 0 Å². The Morgan fingerprint density at radius 2 is 0.625 bits per heavy atom. The van der Waals surface area contributed by atoms with Crippen LogP contribution >= 0.6 is 0 Å². The summed E-state index contributed by atoms with van der Waals surface area (Å²) in [5.41, 5.74) is 0. The summed E-state index contributed by atoms with van der Waals surface area (Å²) < 4.78 is 0. The van der Waals surface area contributed by atoms with Crippen molar-refractivity contribution >= 4 is 0 Å². The number of hydrogen-bond acceptors (Lipinski definition) is 0. The van der Waals surface area contributed by atoms with Crippen molar-refractivity contribution in [3.63, 3.8) is 0 Å². The first-order valence-electron chi connectivity index (χ1n) is 15.0. The van der Waals surface area contributed by atoms with Crippen molar-refractivity contribution in [3.8, 4) is 0 Å². The Morgan fingerprint density at radius 1 is 0.344 bits per heavy atom. The van der Waals surface area contributed by atoms with E-state index < -0.39 is 0 Å². The molecule has 0 rings (SSSR count). The van der Waals surface area contributed by atoms with Crippen LogP contribution in [0.5, 0.6) is 0 Å². The average molecular weight is 459 g/mol. The zero-order valence-electron chi connectivity index (χ0n) is 26.4. The molecule has 32 heavy (non-hydrogen) atoms. The lowest BCUT2D eigenvalue weighted by molar-refractivity contribution is 0.492. The number of hydrogen-bond donors (Lipinski definition) is 0. The fourth-order valence-corrected chi connectivity index (χ4v) is 2.49. The van der Waals surface area contributed by atoms with Gasteiger partial charge in [0, 0.05) is 0 Å². The van der Waals surface area contributed by atoms with Crippen LogP contribution in [0.25, 0.3) is 0 Å². The van der Waals surface area contributed by atoms with Gasteiger partial charge in [0.1, 0.15) is 0 Å². The van der Waals surface area contributed by atoms with Crippen molar-refractivity contribution in [2.45, 2.75) is 181 Å². The Balaban J connectivity index is -0.0000000955. The first kappa shape index (κ1) is 42.2. The standard InChI is InChI=1S/C8H18.4C6H14/c1-4-6-7-8(3)5-2;2*1-4-5-6(2)3;2*1-4-6(3)5-2/h8H,4-7H2,1-3H3;4*6H,4-5H2,1-3H3. The van der Waals surface area contributed by atoms with Crippen molar-refractivity contribution in [2.24, 2.45) is 29.6 Å². The molecule has 0 aliphatic rings. The molecule has 0 nitrogen and oxygen atoms in total. The van der Waals surface area contributed by atoms with E-state index in [-0.39, 0.29) is 0 Å². The minimum Gasteiger partial charge on any atom is -0.0654 e. The molecule has 202 valence electrons. The van der Waals surface area contributed by atoms with Crippen LogP contribution in [0.4, 0.5) is 0 Å². The maximum absolute atomic E-state index is 2.33. The molecular formula is C32H74. The van der Waals surface area contributed by atoms with Gasteiger partial charge in [0.25, 0.3) is 0 Å². The third-order valence-electron chi connectivity index (χ3n) is 6.27. The highest BCUT2D eigenvalue weighted by molar-refractivity contribution is 4.48. The first-order valence-corrected chi connectivity index (χ1v) is 15.0. The third-order valence-corrected chi connectivity index (χ3v) is 6.27. The van der Waals surface area contributed by atoms with Crippen molar-refractivity contribution in [1.29, 1.82) is 0 Å². The molecule has 0 heterocycles. The topological polar surface area (TPSA) is 0 Å². The molecule has 0 saturated heterocycles. The maximum atomic E-state index is 2.33. The van der Waals surface area contributed by atoms with Gasteiger partial charge in [0.2, 0.25) is 0 Å². The molecular weight excluding hydrogens is 384 g/mol. The molecule has 0 N–H and O–H groups in total. The molecule has 1 atom stereocenters. The fraction of sp³-hybridized carbons (Fsp3) is 1.00. The van der Waals surface area contributed by atoms with Gasteiger partial charge in [0.05, 0.1) is 0 Å². The Bertz CT molecular complexity index is 225. The molecule has 0 aromatic rings. The quantitative estimate of drug-likeness (QED) is 0.272. The largest absolute Gasteiger partial charge is 0.0654 e. The first-order chi connectivity index (χ1) is 15.0. The van der Waals surface area contributed by atoms with Crippen LogP contribution in [0.3, 0.4) is 0 Å². The van der Waals surface area contributed by atoms with E-state index in [0.717, 1.165) is 29.6 Å². The Hall–Kier alpha value is 0. The second kappa shape index (κ2) is 38.3. The van der Waals surface area contributed by atoms with E-state index in [9.17, 15) is 0 Å². The molecule has 0 aliphatic heterocycles. The van der Waals surface area contributed by atoms with Crippen LogP contribution in [0.1, 0.15) is 181 Å². The lowest BCUT2D eigenvalue weighted by atomic mass is 10.0. The van der Waals surface area contributed by atoms with Crippen LogP contribution in [0.2, 0.25) is 0 Å². The molecule has 0 aromatic heterocycles. The molecule has 0 aromatic carbocycles. The van der Waals surface area contributed by atoms with Gasteiger partial charge in [-0.25, -0.2) is 0 Å². The molecule has 0 radical (unpaired) electrons. The summed E-state index contributed by atoms with van der Waals surface area (Å²) in [4.78, 5) is 0. The van der Waals surface area contributed by atoms with Gasteiger partial charge >= 0.3 is 0 Å². The van der Waals surface area contributed by atoms with Crippen LogP contribution < -0.4 is 0 Å². The van der Waals surface area contributed by atoms with E-state index in [2.05, 4.69) is 104 Å². The van der Waals surface area contributed by atoms with Crippen LogP contribution in [0, 0.1) is 29.6 Å². The normalized spacial score (nSPS) is 11.0. The van der Waals surface area contributed by atoms with Gasteiger partial charge in [-0.1, -0.05) is 181 Å². The van der Waals surface area contributed by atoms with Crippen LogP contribution in [0.15, 0.2) is 0 Å². The zero-order valence-corrected chi connectivity index (χ0v) is 26.4. The van der Waals surface area contributed by atoms with Gasteiger partial charge in [-0.2, -0.15) is 0 Å². The second-order valence-electron chi connectivity index (χ2n) is 10.9. The van der Waals surface area contributed by atoms with Crippen molar-refractivity contribution in [2.75, 3.05) is 0 Å². The summed E-state index contributed by atoms with van der Waals surface area (Å²) in [6, 6.07) is 0. The van der Waals surface area contributed by atoms with Crippen molar-refractivity contribution < 1.29 is 0 Å². The summed E-state index contributed by atoms with van der Waals surface area (Å²) in [6.07, 6.45) is 16.3. The maximum Gasteiger partial charge on any atom is -0.0445 e. The number of unbranched alkanes of at least 4 members (excludes halogenated alkanes) is 1. The van der Waals surface area contributed by atoms with E-state index in [4.69, 9.17) is 0 Å². The minimum absolute atomic E-state index is 0.898. The summed E-state index contributed by atoms with van der Waals surface area (Å²) in [6.45, 7) is 33.8. The second-order valence-corrected chi connectivity index (χ2v) is 10.9. The lowest BCUT2D eigenvalue weighted by Gasteiger charge is -2.04. The monoisotopic (exact) mass is 459 g/mol. The Labute approximate surface area is 210 Å². The summed E-state index contributed by atoms with van der Waals surface area (Å²) in [5, 5.41) is 0. The highest BCUT2D eigenvalue weighted by Crippen LogP contribution is 2.10. The van der Waals surface area contributed by atoms with E-state index in [0.29, 0.717) is 0 Å². The van der Waals surface area contributed by atoms with Gasteiger partial charge in [-0.05, 0) is 29.6 Å². The number of rotatable bonds is 12. The van der Waals surface area contributed by atoms with Gasteiger partial charge in [-0.3, -0.25) is 0 Å². The summed E-state index contributed by atoms with van der Waals surface area (Å²) >= 11 is 0. The molecule has 0 heteroatoms. The van der Waals surface area contributed by atoms with Crippen LogP contribution in [-0.4, -0.2) is 0 Å². The van der Waals surface area contributed by atoms with Crippen molar-refractivity contribution in [3.05, 3.63) is 0 Å². The predicted octanol–water partition coefficient (Wildman–Crippen LogP) is 13.0. The Morgan fingerprint density at radius 3 is 0.719 bits per heavy atom. The molecule has 0 aliphatic carbocycles. The SMILES string of the molecule is CCC(C)CC.CCC(C)CC.CCCC(C)C.CCCC(C)C.CCCCC(C)CC. The smallest absolute Gasteiger partial charge is 0.0445 e. The molecule has 0 bridgehead atoms. The molecule has 0 fully saturated rings. The third kappa shape index (κ3) is 63.1. The summed E-state index contributed by atoms with van der Waals surface area (Å²) in [5.74, 6) is 4.62.